The summed E-state index contributed by atoms with van der Waals surface area (Å²) in [5, 5.41) is 6.23. The third-order valence-corrected chi connectivity index (χ3v) is 6.82. The van der Waals surface area contributed by atoms with Gasteiger partial charge in [-0.25, -0.2) is 4.98 Å². The molecule has 0 spiro atoms. The van der Waals surface area contributed by atoms with Crippen LogP contribution in [0.15, 0.2) is 52.7 Å². The zero-order valence-corrected chi connectivity index (χ0v) is 17.7. The van der Waals surface area contributed by atoms with E-state index in [0.29, 0.717) is 5.56 Å². The number of rotatable bonds is 6. The number of aryl methyl sites for hydroxylation is 1. The normalized spacial score (nSPS) is 12.9. The van der Waals surface area contributed by atoms with Crippen LogP contribution in [0.3, 0.4) is 0 Å². The molecule has 4 rings (SSSR count). The van der Waals surface area contributed by atoms with Crippen molar-refractivity contribution in [2.75, 3.05) is 23.3 Å². The van der Waals surface area contributed by atoms with E-state index in [0.717, 1.165) is 46.5 Å². The predicted octanol–water partition coefficient (Wildman–Crippen LogP) is 5.38. The molecule has 4 nitrogen and oxygen atoms in total. The summed E-state index contributed by atoms with van der Waals surface area (Å²) in [6.07, 6.45) is 1.08. The molecule has 0 atom stereocenters. The van der Waals surface area contributed by atoms with Gasteiger partial charge in [0.1, 0.15) is 0 Å². The molecule has 0 saturated heterocycles. The van der Waals surface area contributed by atoms with Crippen molar-refractivity contribution < 1.29 is 4.79 Å². The minimum Gasteiger partial charge on any atom is -0.371 e. The van der Waals surface area contributed by atoms with Gasteiger partial charge in [-0.3, -0.25) is 4.79 Å². The SMILES string of the molecule is CCN1CCc2ccc(NC(=O)c3ccccc3SCc3csc(C)n3)cc21. The minimum atomic E-state index is -0.0708. The summed E-state index contributed by atoms with van der Waals surface area (Å²) in [6.45, 7) is 6.22. The number of carbonyl (C=O) groups is 1. The number of aromatic nitrogens is 1. The predicted molar refractivity (Wildman–Crippen MR) is 119 cm³/mol. The molecule has 0 fully saturated rings. The third-order valence-electron chi connectivity index (χ3n) is 4.89. The monoisotopic (exact) mass is 409 g/mol. The Hall–Kier alpha value is -2.31. The number of anilines is 2. The first kappa shape index (κ1) is 19.0. The Morgan fingerprint density at radius 1 is 1.29 bits per heavy atom. The maximum atomic E-state index is 12.9. The van der Waals surface area contributed by atoms with Crippen molar-refractivity contribution in [1.29, 1.82) is 0 Å². The van der Waals surface area contributed by atoms with E-state index in [4.69, 9.17) is 0 Å². The smallest absolute Gasteiger partial charge is 0.256 e. The van der Waals surface area contributed by atoms with E-state index >= 15 is 0 Å². The Bertz CT molecular complexity index is 999. The molecular weight excluding hydrogens is 386 g/mol. The van der Waals surface area contributed by atoms with Crippen molar-refractivity contribution in [3.05, 3.63) is 69.7 Å². The number of hydrogen-bond acceptors (Lipinski definition) is 5. The number of thioether (sulfide) groups is 1. The van der Waals surface area contributed by atoms with Gasteiger partial charge in [-0.2, -0.15) is 0 Å². The summed E-state index contributed by atoms with van der Waals surface area (Å²) in [5.74, 6) is 0.692. The molecule has 1 amide bonds. The maximum absolute atomic E-state index is 12.9. The standard InChI is InChI=1S/C22H23N3OS2/c1-3-25-11-10-16-8-9-17(12-20(16)25)24-22(26)19-6-4-5-7-21(19)28-14-18-13-27-15(2)23-18/h4-9,12-13H,3,10-11,14H2,1-2H3,(H,24,26). The van der Waals surface area contributed by atoms with Crippen LogP contribution in [-0.4, -0.2) is 24.0 Å². The molecule has 28 heavy (non-hydrogen) atoms. The van der Waals surface area contributed by atoms with Crippen LogP contribution in [0.1, 0.15) is 33.5 Å². The summed E-state index contributed by atoms with van der Waals surface area (Å²) < 4.78 is 0. The summed E-state index contributed by atoms with van der Waals surface area (Å²) in [5.41, 5.74) is 5.20. The van der Waals surface area contributed by atoms with Gasteiger partial charge in [0.25, 0.3) is 5.91 Å². The van der Waals surface area contributed by atoms with E-state index in [-0.39, 0.29) is 5.91 Å². The van der Waals surface area contributed by atoms with Crippen molar-refractivity contribution in [3.8, 4) is 0 Å². The van der Waals surface area contributed by atoms with Gasteiger partial charge in [0.2, 0.25) is 0 Å². The number of nitrogens with zero attached hydrogens (tertiary/aromatic N) is 2. The topological polar surface area (TPSA) is 45.2 Å². The lowest BCUT2D eigenvalue weighted by Crippen LogP contribution is -2.19. The average Bonchev–Trinajstić information content (AvgIpc) is 3.31. The molecule has 0 aliphatic carbocycles. The first-order valence-electron chi connectivity index (χ1n) is 9.46. The zero-order chi connectivity index (χ0) is 19.5. The number of nitrogens with one attached hydrogen (secondary N) is 1. The second kappa shape index (κ2) is 8.37. The third kappa shape index (κ3) is 4.08. The Balaban J connectivity index is 1.49. The van der Waals surface area contributed by atoms with Gasteiger partial charge in [-0.15, -0.1) is 23.1 Å². The van der Waals surface area contributed by atoms with Gasteiger partial charge in [0.15, 0.2) is 0 Å². The average molecular weight is 410 g/mol. The Kier molecular flexibility index (Phi) is 5.69. The van der Waals surface area contributed by atoms with Crippen molar-refractivity contribution in [2.45, 2.75) is 30.9 Å². The molecular formula is C22H23N3OS2. The molecule has 3 aromatic rings. The van der Waals surface area contributed by atoms with Gasteiger partial charge in [0, 0.05) is 40.5 Å². The van der Waals surface area contributed by atoms with Crippen LogP contribution in [0.4, 0.5) is 11.4 Å². The van der Waals surface area contributed by atoms with Gasteiger partial charge < -0.3 is 10.2 Å². The molecule has 0 saturated carbocycles. The fourth-order valence-corrected chi connectivity index (χ4v) is 5.12. The molecule has 1 aromatic heterocycles. The number of likely N-dealkylation sites (N-methyl/N-ethyl adjacent to an activating group) is 1. The van der Waals surface area contributed by atoms with Crippen LogP contribution >= 0.6 is 23.1 Å². The first-order chi connectivity index (χ1) is 13.6. The zero-order valence-electron chi connectivity index (χ0n) is 16.1. The van der Waals surface area contributed by atoms with E-state index in [1.54, 1.807) is 23.1 Å². The molecule has 2 aromatic carbocycles. The number of amides is 1. The van der Waals surface area contributed by atoms with Crippen LogP contribution in [0.2, 0.25) is 0 Å². The molecule has 0 radical (unpaired) electrons. The van der Waals surface area contributed by atoms with E-state index in [9.17, 15) is 4.79 Å². The second-order valence-electron chi connectivity index (χ2n) is 6.77. The van der Waals surface area contributed by atoms with Crippen LogP contribution < -0.4 is 10.2 Å². The van der Waals surface area contributed by atoms with E-state index < -0.39 is 0 Å². The Morgan fingerprint density at radius 2 is 2.14 bits per heavy atom. The molecule has 144 valence electrons. The maximum Gasteiger partial charge on any atom is 0.256 e. The van der Waals surface area contributed by atoms with Gasteiger partial charge in [-0.1, -0.05) is 18.2 Å². The van der Waals surface area contributed by atoms with Crippen molar-refractivity contribution >= 4 is 40.4 Å². The molecule has 0 bridgehead atoms. The van der Waals surface area contributed by atoms with Crippen molar-refractivity contribution in [1.82, 2.24) is 4.98 Å². The van der Waals surface area contributed by atoms with Crippen molar-refractivity contribution in [2.24, 2.45) is 0 Å². The first-order valence-corrected chi connectivity index (χ1v) is 11.3. The summed E-state index contributed by atoms with van der Waals surface area (Å²) in [6, 6.07) is 14.0. The summed E-state index contributed by atoms with van der Waals surface area (Å²) in [7, 11) is 0. The number of hydrogen-bond donors (Lipinski definition) is 1. The largest absolute Gasteiger partial charge is 0.371 e. The minimum absolute atomic E-state index is 0.0708. The number of benzene rings is 2. The second-order valence-corrected chi connectivity index (χ2v) is 8.85. The lowest BCUT2D eigenvalue weighted by Gasteiger charge is -2.17. The summed E-state index contributed by atoms with van der Waals surface area (Å²) >= 11 is 3.31. The quantitative estimate of drug-likeness (QED) is 0.555. The Labute approximate surface area is 174 Å². The lowest BCUT2D eigenvalue weighted by atomic mass is 10.1. The Morgan fingerprint density at radius 3 is 2.93 bits per heavy atom. The van der Waals surface area contributed by atoms with Crippen molar-refractivity contribution in [3.63, 3.8) is 0 Å². The fraction of sp³-hybridized carbons (Fsp3) is 0.273. The number of thiazole rings is 1. The van der Waals surface area contributed by atoms with E-state index in [1.807, 2.05) is 37.3 Å². The van der Waals surface area contributed by atoms with Gasteiger partial charge >= 0.3 is 0 Å². The van der Waals surface area contributed by atoms with E-state index in [2.05, 4.69) is 39.6 Å². The molecule has 1 aliphatic rings. The van der Waals surface area contributed by atoms with Crippen LogP contribution in [0.5, 0.6) is 0 Å². The number of carbonyl (C=O) groups excluding carboxylic acids is 1. The molecule has 1 aliphatic heterocycles. The summed E-state index contributed by atoms with van der Waals surface area (Å²) in [4.78, 5) is 20.8. The highest BCUT2D eigenvalue weighted by molar-refractivity contribution is 7.98. The molecule has 2 heterocycles. The van der Waals surface area contributed by atoms with Crippen LogP contribution in [0, 0.1) is 6.92 Å². The highest BCUT2D eigenvalue weighted by Gasteiger charge is 2.19. The molecule has 6 heteroatoms. The fourth-order valence-electron chi connectivity index (χ4n) is 3.46. The van der Waals surface area contributed by atoms with Gasteiger partial charge in [-0.05, 0) is 50.1 Å². The van der Waals surface area contributed by atoms with Crippen LogP contribution in [0.25, 0.3) is 0 Å². The number of fused-ring (bicyclic) bond motifs is 1. The highest BCUT2D eigenvalue weighted by Crippen LogP contribution is 2.31. The lowest BCUT2D eigenvalue weighted by molar-refractivity contribution is 0.102. The van der Waals surface area contributed by atoms with Crippen LogP contribution in [-0.2, 0) is 12.2 Å². The van der Waals surface area contributed by atoms with E-state index in [1.165, 1.54) is 11.3 Å². The highest BCUT2D eigenvalue weighted by atomic mass is 32.2. The molecule has 1 N–H and O–H groups in total. The van der Waals surface area contributed by atoms with Gasteiger partial charge in [0.05, 0.1) is 16.3 Å². The molecule has 0 unspecified atom stereocenters.